The van der Waals surface area contributed by atoms with Crippen LogP contribution in [0.25, 0.3) is 0 Å². The lowest BCUT2D eigenvalue weighted by Crippen LogP contribution is -2.51. The molecule has 20 heavy (non-hydrogen) atoms. The van der Waals surface area contributed by atoms with Crippen molar-refractivity contribution in [1.82, 2.24) is 10.3 Å². The molecule has 1 aliphatic heterocycles. The molecule has 0 spiro atoms. The maximum absolute atomic E-state index is 11.6. The minimum atomic E-state index is -0.222. The number of carbonyl (C=O) groups excluding carboxylic acids is 1. The van der Waals surface area contributed by atoms with Crippen LogP contribution in [-0.4, -0.2) is 35.6 Å². The van der Waals surface area contributed by atoms with Gasteiger partial charge >= 0.3 is 0 Å². The molecule has 0 aliphatic carbocycles. The first-order valence-electron chi connectivity index (χ1n) is 6.81. The first-order chi connectivity index (χ1) is 9.30. The van der Waals surface area contributed by atoms with Gasteiger partial charge in [0.1, 0.15) is 0 Å². The summed E-state index contributed by atoms with van der Waals surface area (Å²) in [6, 6.07) is 1.94. The lowest BCUT2D eigenvalue weighted by molar-refractivity contribution is -0.130. The number of nitrogens with one attached hydrogen (secondary N) is 1. The van der Waals surface area contributed by atoms with Crippen LogP contribution in [0.5, 0.6) is 0 Å². The highest BCUT2D eigenvalue weighted by molar-refractivity contribution is 7.14. The zero-order valence-electron chi connectivity index (χ0n) is 12.5. The van der Waals surface area contributed by atoms with Gasteiger partial charge in [0.25, 0.3) is 5.91 Å². The normalized spacial score (nSPS) is 22.8. The monoisotopic (exact) mass is 297 g/mol. The summed E-state index contributed by atoms with van der Waals surface area (Å²) < 4.78 is 5.91. The summed E-state index contributed by atoms with van der Waals surface area (Å²) in [4.78, 5) is 15.8. The average Bonchev–Trinajstić information content (AvgIpc) is 2.67. The van der Waals surface area contributed by atoms with Gasteiger partial charge in [-0.3, -0.25) is 15.1 Å². The molecule has 1 aliphatic rings. The van der Waals surface area contributed by atoms with Crippen molar-refractivity contribution < 1.29 is 9.53 Å². The summed E-state index contributed by atoms with van der Waals surface area (Å²) >= 11 is 1.49. The van der Waals surface area contributed by atoms with Crippen molar-refractivity contribution >= 4 is 17.2 Å². The third kappa shape index (κ3) is 3.58. The summed E-state index contributed by atoms with van der Waals surface area (Å²) in [5.74, 6) is 4.96. The first kappa shape index (κ1) is 15.4. The molecule has 0 saturated carbocycles. The van der Waals surface area contributed by atoms with Gasteiger partial charge in [0.05, 0.1) is 16.6 Å². The standard InChI is InChI=1S/C14H23N3O2S/c1-9-6-17(8-14(3,4)19-9)7-11-5-12(13(18)16-15)20-10(11)2/h5,9H,6-8,15H2,1-4H3,(H,16,18). The van der Waals surface area contributed by atoms with Crippen molar-refractivity contribution in [2.45, 2.75) is 45.9 Å². The second kappa shape index (κ2) is 5.81. The summed E-state index contributed by atoms with van der Waals surface area (Å²) in [6.45, 7) is 11.0. The fraction of sp³-hybridized carbons (Fsp3) is 0.643. The highest BCUT2D eigenvalue weighted by atomic mass is 32.1. The molecule has 1 amide bonds. The van der Waals surface area contributed by atoms with Gasteiger partial charge in [-0.25, -0.2) is 5.84 Å². The average molecular weight is 297 g/mol. The molecule has 0 bridgehead atoms. The molecular weight excluding hydrogens is 274 g/mol. The number of aryl methyl sites for hydroxylation is 1. The van der Waals surface area contributed by atoms with E-state index in [2.05, 4.69) is 31.1 Å². The molecular formula is C14H23N3O2S. The summed E-state index contributed by atoms with van der Waals surface area (Å²) in [7, 11) is 0. The van der Waals surface area contributed by atoms with Gasteiger partial charge in [-0.2, -0.15) is 0 Å². The number of thiophene rings is 1. The van der Waals surface area contributed by atoms with Crippen molar-refractivity contribution in [3.05, 3.63) is 21.4 Å². The highest BCUT2D eigenvalue weighted by Crippen LogP contribution is 2.26. The molecule has 112 valence electrons. The van der Waals surface area contributed by atoms with Crippen LogP contribution in [-0.2, 0) is 11.3 Å². The van der Waals surface area contributed by atoms with Gasteiger partial charge < -0.3 is 4.74 Å². The number of morpholine rings is 1. The molecule has 1 atom stereocenters. The minimum Gasteiger partial charge on any atom is -0.370 e. The van der Waals surface area contributed by atoms with Gasteiger partial charge in [0.15, 0.2) is 0 Å². The number of rotatable bonds is 3. The maximum atomic E-state index is 11.6. The van der Waals surface area contributed by atoms with E-state index in [0.717, 1.165) is 19.6 Å². The van der Waals surface area contributed by atoms with Gasteiger partial charge in [-0.1, -0.05) is 0 Å². The maximum Gasteiger partial charge on any atom is 0.275 e. The molecule has 1 aromatic rings. The Kier molecular flexibility index (Phi) is 4.49. The number of carbonyl (C=O) groups is 1. The largest absolute Gasteiger partial charge is 0.370 e. The summed E-state index contributed by atoms with van der Waals surface area (Å²) in [5, 5.41) is 0. The van der Waals surface area contributed by atoms with E-state index in [0.29, 0.717) is 4.88 Å². The third-order valence-electron chi connectivity index (χ3n) is 3.41. The fourth-order valence-corrected chi connectivity index (χ4v) is 3.74. The fourth-order valence-electron chi connectivity index (χ4n) is 2.81. The predicted molar refractivity (Wildman–Crippen MR) is 80.6 cm³/mol. The highest BCUT2D eigenvalue weighted by Gasteiger charge is 2.31. The molecule has 0 aromatic carbocycles. The first-order valence-corrected chi connectivity index (χ1v) is 7.63. The van der Waals surface area contributed by atoms with Crippen LogP contribution in [0.4, 0.5) is 0 Å². The van der Waals surface area contributed by atoms with Crippen molar-refractivity contribution in [3.63, 3.8) is 0 Å². The van der Waals surface area contributed by atoms with E-state index in [-0.39, 0.29) is 17.6 Å². The second-order valence-corrected chi connectivity index (χ2v) is 7.28. The zero-order valence-corrected chi connectivity index (χ0v) is 13.3. The molecule has 1 fully saturated rings. The third-order valence-corrected chi connectivity index (χ3v) is 4.50. The van der Waals surface area contributed by atoms with Crippen LogP contribution in [0.15, 0.2) is 6.07 Å². The molecule has 2 rings (SSSR count). The van der Waals surface area contributed by atoms with Crippen LogP contribution >= 0.6 is 11.3 Å². The van der Waals surface area contributed by atoms with Gasteiger partial charge in [-0.15, -0.1) is 11.3 Å². The van der Waals surface area contributed by atoms with Crippen molar-refractivity contribution in [3.8, 4) is 0 Å². The minimum absolute atomic E-state index is 0.126. The Balaban J connectivity index is 2.10. The number of amides is 1. The number of ether oxygens (including phenoxy) is 1. The van der Waals surface area contributed by atoms with E-state index in [1.165, 1.54) is 21.8 Å². The number of nitrogen functional groups attached to an aromatic ring is 1. The van der Waals surface area contributed by atoms with Crippen molar-refractivity contribution in [2.24, 2.45) is 5.84 Å². The Morgan fingerprint density at radius 3 is 2.95 bits per heavy atom. The Morgan fingerprint density at radius 2 is 2.35 bits per heavy atom. The van der Waals surface area contributed by atoms with Crippen LogP contribution in [0, 0.1) is 6.92 Å². The molecule has 1 aromatic heterocycles. The lowest BCUT2D eigenvalue weighted by atomic mass is 10.0. The molecule has 1 unspecified atom stereocenters. The molecule has 1 saturated heterocycles. The number of nitrogens with two attached hydrogens (primary N) is 1. The van der Waals surface area contributed by atoms with Crippen LogP contribution < -0.4 is 11.3 Å². The molecule has 3 N–H and O–H groups in total. The quantitative estimate of drug-likeness (QED) is 0.506. The van der Waals surface area contributed by atoms with Gasteiger partial charge in [0, 0.05) is 24.5 Å². The second-order valence-electron chi connectivity index (χ2n) is 6.02. The topological polar surface area (TPSA) is 67.6 Å². The van der Waals surface area contributed by atoms with Crippen molar-refractivity contribution in [1.29, 1.82) is 0 Å². The van der Waals surface area contributed by atoms with Crippen LogP contribution in [0.2, 0.25) is 0 Å². The summed E-state index contributed by atoms with van der Waals surface area (Å²) in [5.41, 5.74) is 3.25. The van der Waals surface area contributed by atoms with Gasteiger partial charge in [0.2, 0.25) is 0 Å². The zero-order chi connectivity index (χ0) is 14.9. The van der Waals surface area contributed by atoms with Crippen molar-refractivity contribution in [2.75, 3.05) is 13.1 Å². The number of hydrogen-bond acceptors (Lipinski definition) is 5. The van der Waals surface area contributed by atoms with E-state index < -0.39 is 0 Å². The number of hydrazine groups is 1. The van der Waals surface area contributed by atoms with E-state index >= 15 is 0 Å². The molecule has 0 radical (unpaired) electrons. The SMILES string of the molecule is Cc1sc(C(=O)NN)cc1CN1CC(C)OC(C)(C)C1. The molecule has 2 heterocycles. The van der Waals surface area contributed by atoms with E-state index in [4.69, 9.17) is 10.6 Å². The Hall–Kier alpha value is -0.950. The Labute approximate surface area is 124 Å². The van der Waals surface area contributed by atoms with Gasteiger partial charge in [-0.05, 0) is 39.3 Å². The Morgan fingerprint density at radius 1 is 1.65 bits per heavy atom. The predicted octanol–water partition coefficient (Wildman–Crippen LogP) is 1.66. The molecule has 6 heteroatoms. The van der Waals surface area contributed by atoms with E-state index in [9.17, 15) is 4.79 Å². The smallest absolute Gasteiger partial charge is 0.275 e. The number of nitrogens with zero attached hydrogens (tertiary/aromatic N) is 1. The molecule has 5 nitrogen and oxygen atoms in total. The van der Waals surface area contributed by atoms with E-state index in [1.807, 2.05) is 13.0 Å². The number of hydrogen-bond donors (Lipinski definition) is 2. The van der Waals surface area contributed by atoms with E-state index in [1.54, 1.807) is 0 Å². The summed E-state index contributed by atoms with van der Waals surface area (Å²) in [6.07, 6.45) is 0.226. The van der Waals surface area contributed by atoms with Crippen LogP contribution in [0.3, 0.4) is 0 Å². The van der Waals surface area contributed by atoms with Crippen LogP contribution in [0.1, 0.15) is 40.9 Å². The lowest BCUT2D eigenvalue weighted by Gasteiger charge is -2.41. The Bertz CT molecular complexity index is 499.